The van der Waals surface area contributed by atoms with E-state index in [4.69, 9.17) is 5.73 Å². The number of H-pyrrole nitrogens is 2. The van der Waals surface area contributed by atoms with Crippen LogP contribution in [0.15, 0.2) is 71.7 Å². The Labute approximate surface area is 150 Å². The van der Waals surface area contributed by atoms with Crippen molar-refractivity contribution in [3.8, 4) is 11.3 Å². The fourth-order valence-corrected chi connectivity index (χ4v) is 3.17. The molecule has 0 saturated carbocycles. The Hall–Kier alpha value is -3.47. The minimum Gasteiger partial charge on any atom is -0.399 e. The van der Waals surface area contributed by atoms with E-state index < -0.39 is 0 Å². The van der Waals surface area contributed by atoms with Gasteiger partial charge in [-0.1, -0.05) is 30.3 Å². The molecule has 5 N–H and O–H groups in total. The molecule has 2 aromatic carbocycles. The van der Waals surface area contributed by atoms with Gasteiger partial charge < -0.3 is 21.0 Å². The van der Waals surface area contributed by atoms with Gasteiger partial charge in [0.25, 0.3) is 5.56 Å². The van der Waals surface area contributed by atoms with E-state index in [-0.39, 0.29) is 5.56 Å². The Kier molecular flexibility index (Phi) is 4.19. The SMILES string of the molecule is Nc1ccc2[nH]c(-c3c(NCCc4ccccc4)cc[nH]c3=O)cc2c1. The predicted octanol–water partition coefficient (Wildman–Crippen LogP) is 3.76. The predicted molar refractivity (Wildman–Crippen MR) is 107 cm³/mol. The molecule has 5 nitrogen and oxygen atoms in total. The zero-order chi connectivity index (χ0) is 17.9. The first-order chi connectivity index (χ1) is 12.7. The molecule has 0 aliphatic carbocycles. The molecule has 0 atom stereocenters. The minimum atomic E-state index is -0.130. The van der Waals surface area contributed by atoms with E-state index in [2.05, 4.69) is 27.4 Å². The van der Waals surface area contributed by atoms with Crippen molar-refractivity contribution in [1.29, 1.82) is 0 Å². The maximum absolute atomic E-state index is 12.5. The van der Waals surface area contributed by atoms with Crippen molar-refractivity contribution >= 4 is 22.3 Å². The summed E-state index contributed by atoms with van der Waals surface area (Å²) in [5.74, 6) is 0. The lowest BCUT2D eigenvalue weighted by molar-refractivity contribution is 1.02. The summed E-state index contributed by atoms with van der Waals surface area (Å²) >= 11 is 0. The van der Waals surface area contributed by atoms with E-state index in [1.54, 1.807) is 6.20 Å². The molecular weight excluding hydrogens is 324 g/mol. The maximum Gasteiger partial charge on any atom is 0.259 e. The standard InChI is InChI=1S/C21H20N4O/c22-16-6-7-17-15(12-16)13-19(25-17)20-18(9-11-24-21(20)26)23-10-8-14-4-2-1-3-5-14/h1-7,9,11-13,25H,8,10,22H2,(H2,23,24,26). The van der Waals surface area contributed by atoms with Gasteiger partial charge in [-0.25, -0.2) is 0 Å². The Balaban J connectivity index is 1.64. The normalized spacial score (nSPS) is 10.9. The number of aromatic nitrogens is 2. The third-order valence-electron chi connectivity index (χ3n) is 4.45. The summed E-state index contributed by atoms with van der Waals surface area (Å²) in [5, 5.41) is 4.38. The lowest BCUT2D eigenvalue weighted by Crippen LogP contribution is -2.14. The zero-order valence-electron chi connectivity index (χ0n) is 14.3. The molecule has 5 heteroatoms. The van der Waals surface area contributed by atoms with Gasteiger partial charge in [0.1, 0.15) is 0 Å². The first-order valence-corrected chi connectivity index (χ1v) is 8.59. The van der Waals surface area contributed by atoms with Gasteiger partial charge in [-0.2, -0.15) is 0 Å². The molecule has 0 bridgehead atoms. The minimum absolute atomic E-state index is 0.130. The third-order valence-corrected chi connectivity index (χ3v) is 4.45. The molecule has 0 fully saturated rings. The lowest BCUT2D eigenvalue weighted by Gasteiger charge is -2.10. The van der Waals surface area contributed by atoms with Crippen molar-refractivity contribution < 1.29 is 0 Å². The molecule has 26 heavy (non-hydrogen) atoms. The van der Waals surface area contributed by atoms with Crippen LogP contribution < -0.4 is 16.6 Å². The Bertz CT molecular complexity index is 1100. The summed E-state index contributed by atoms with van der Waals surface area (Å²) < 4.78 is 0. The number of hydrogen-bond donors (Lipinski definition) is 4. The maximum atomic E-state index is 12.5. The molecule has 130 valence electrons. The number of hydrogen-bond acceptors (Lipinski definition) is 3. The zero-order valence-corrected chi connectivity index (χ0v) is 14.3. The third kappa shape index (κ3) is 3.19. The van der Waals surface area contributed by atoms with E-state index in [0.717, 1.165) is 35.2 Å². The summed E-state index contributed by atoms with van der Waals surface area (Å²) in [6, 6.07) is 19.8. The van der Waals surface area contributed by atoms with Crippen LogP contribution in [0, 0.1) is 0 Å². The quantitative estimate of drug-likeness (QED) is 0.416. The molecule has 0 spiro atoms. The van der Waals surface area contributed by atoms with Gasteiger partial charge in [0.2, 0.25) is 0 Å². The average Bonchev–Trinajstić information content (AvgIpc) is 3.05. The molecule has 0 unspecified atom stereocenters. The topological polar surface area (TPSA) is 86.7 Å². The van der Waals surface area contributed by atoms with Crippen molar-refractivity contribution in [3.63, 3.8) is 0 Å². The Morgan fingerprint density at radius 1 is 1.00 bits per heavy atom. The lowest BCUT2D eigenvalue weighted by atomic mass is 10.1. The second-order valence-corrected chi connectivity index (χ2v) is 6.29. The fourth-order valence-electron chi connectivity index (χ4n) is 3.17. The molecule has 0 radical (unpaired) electrons. The first kappa shape index (κ1) is 16.0. The smallest absolute Gasteiger partial charge is 0.259 e. The molecule has 4 rings (SSSR count). The summed E-state index contributed by atoms with van der Waals surface area (Å²) in [7, 11) is 0. The molecule has 0 aliphatic heterocycles. The van der Waals surface area contributed by atoms with Gasteiger partial charge in [-0.15, -0.1) is 0 Å². The van der Waals surface area contributed by atoms with Crippen molar-refractivity contribution in [2.24, 2.45) is 0 Å². The molecule has 0 saturated heterocycles. The van der Waals surface area contributed by atoms with Crippen molar-refractivity contribution in [1.82, 2.24) is 9.97 Å². The van der Waals surface area contributed by atoms with Crippen molar-refractivity contribution in [2.75, 3.05) is 17.6 Å². The summed E-state index contributed by atoms with van der Waals surface area (Å²) in [6.07, 6.45) is 2.55. The second kappa shape index (κ2) is 6.80. The monoisotopic (exact) mass is 344 g/mol. The highest BCUT2D eigenvalue weighted by Gasteiger charge is 2.12. The molecule has 2 aromatic heterocycles. The largest absolute Gasteiger partial charge is 0.399 e. The molecule has 4 aromatic rings. The molecule has 0 aliphatic rings. The van der Waals surface area contributed by atoms with Gasteiger partial charge in [-0.05, 0) is 42.3 Å². The van der Waals surface area contributed by atoms with Gasteiger partial charge in [-0.3, -0.25) is 4.79 Å². The number of nitrogens with one attached hydrogen (secondary N) is 3. The van der Waals surface area contributed by atoms with Crippen LogP contribution in [0.2, 0.25) is 0 Å². The first-order valence-electron chi connectivity index (χ1n) is 8.59. The van der Waals surface area contributed by atoms with Crippen LogP contribution in [0.25, 0.3) is 22.2 Å². The summed E-state index contributed by atoms with van der Waals surface area (Å²) in [4.78, 5) is 18.6. The fraction of sp³-hybridized carbons (Fsp3) is 0.0952. The Morgan fingerprint density at radius 2 is 1.85 bits per heavy atom. The highest BCUT2D eigenvalue weighted by molar-refractivity contribution is 5.90. The van der Waals surface area contributed by atoms with Crippen LogP contribution in [-0.4, -0.2) is 16.5 Å². The highest BCUT2D eigenvalue weighted by atomic mass is 16.1. The molecule has 0 amide bonds. The van der Waals surface area contributed by atoms with E-state index in [0.29, 0.717) is 11.3 Å². The highest BCUT2D eigenvalue weighted by Crippen LogP contribution is 2.28. The van der Waals surface area contributed by atoms with E-state index >= 15 is 0 Å². The number of nitrogens with two attached hydrogens (primary N) is 1. The second-order valence-electron chi connectivity index (χ2n) is 6.29. The van der Waals surface area contributed by atoms with Crippen molar-refractivity contribution in [3.05, 3.63) is 82.8 Å². The van der Waals surface area contributed by atoms with Gasteiger partial charge in [0.15, 0.2) is 0 Å². The summed E-state index contributed by atoms with van der Waals surface area (Å²) in [5.41, 5.74) is 10.8. The van der Waals surface area contributed by atoms with Crippen LogP contribution >= 0.6 is 0 Å². The van der Waals surface area contributed by atoms with Crippen LogP contribution in [0.3, 0.4) is 0 Å². The number of aromatic amines is 2. The number of pyridine rings is 1. The van der Waals surface area contributed by atoms with E-state index in [9.17, 15) is 4.79 Å². The van der Waals surface area contributed by atoms with Crippen molar-refractivity contribution in [2.45, 2.75) is 6.42 Å². The number of anilines is 2. The van der Waals surface area contributed by atoms with Gasteiger partial charge in [0, 0.05) is 29.3 Å². The number of benzene rings is 2. The van der Waals surface area contributed by atoms with Crippen LogP contribution in [0.5, 0.6) is 0 Å². The van der Waals surface area contributed by atoms with Gasteiger partial charge >= 0.3 is 0 Å². The van der Waals surface area contributed by atoms with Gasteiger partial charge in [0.05, 0.1) is 16.9 Å². The average molecular weight is 344 g/mol. The van der Waals surface area contributed by atoms with E-state index in [1.807, 2.05) is 48.5 Å². The number of nitrogen functional groups attached to an aromatic ring is 1. The van der Waals surface area contributed by atoms with Crippen LogP contribution in [0.4, 0.5) is 11.4 Å². The molecule has 2 heterocycles. The van der Waals surface area contributed by atoms with Crippen LogP contribution in [-0.2, 0) is 6.42 Å². The molecular formula is C21H20N4O. The Morgan fingerprint density at radius 3 is 2.69 bits per heavy atom. The van der Waals surface area contributed by atoms with E-state index in [1.165, 1.54) is 5.56 Å². The number of fused-ring (bicyclic) bond motifs is 1. The number of rotatable bonds is 5. The summed E-state index contributed by atoms with van der Waals surface area (Å²) in [6.45, 7) is 0.744. The van der Waals surface area contributed by atoms with Crippen LogP contribution in [0.1, 0.15) is 5.56 Å².